The first-order chi connectivity index (χ1) is 12.7. The van der Waals surface area contributed by atoms with E-state index >= 15 is 0 Å². The summed E-state index contributed by atoms with van der Waals surface area (Å²) in [6.07, 6.45) is 5.93. The van der Waals surface area contributed by atoms with Crippen LogP contribution < -0.4 is 5.73 Å². The molecule has 2 N–H and O–H groups in total. The fraction of sp³-hybridized carbons (Fsp3) is 0.350. The van der Waals surface area contributed by atoms with Crippen molar-refractivity contribution >= 4 is 27.6 Å². The molecule has 6 heteroatoms. The second-order valence-corrected chi connectivity index (χ2v) is 6.75. The molecule has 4 rings (SSSR count). The Morgan fingerprint density at radius 1 is 1.23 bits per heavy atom. The van der Waals surface area contributed by atoms with Crippen LogP contribution in [0.1, 0.15) is 36.8 Å². The molecule has 1 aromatic carbocycles. The smallest absolute Gasteiger partial charge is 0.152 e. The third-order valence-corrected chi connectivity index (χ3v) is 4.64. The van der Waals surface area contributed by atoms with E-state index in [1.807, 2.05) is 29.8 Å². The highest BCUT2D eigenvalue weighted by molar-refractivity contribution is 6.09. The van der Waals surface area contributed by atoms with Gasteiger partial charge in [-0.25, -0.2) is 4.98 Å². The van der Waals surface area contributed by atoms with Gasteiger partial charge in [-0.1, -0.05) is 24.2 Å². The van der Waals surface area contributed by atoms with E-state index in [1.165, 1.54) is 5.56 Å². The first kappa shape index (κ1) is 16.6. The third-order valence-electron chi connectivity index (χ3n) is 4.64. The number of fused-ring (bicyclic) bond motifs is 3. The Morgan fingerprint density at radius 3 is 2.88 bits per heavy atom. The number of nitrogens with zero attached hydrogens (tertiary/aromatic N) is 4. The summed E-state index contributed by atoms with van der Waals surface area (Å²) in [5.41, 5.74) is 10.1. The second kappa shape index (κ2) is 6.78. The van der Waals surface area contributed by atoms with Crippen molar-refractivity contribution in [1.82, 2.24) is 19.9 Å². The molecule has 0 aliphatic carbocycles. The van der Waals surface area contributed by atoms with Crippen molar-refractivity contribution in [3.63, 3.8) is 0 Å². The first-order valence-corrected chi connectivity index (χ1v) is 9.12. The zero-order valence-electron chi connectivity index (χ0n) is 15.2. The number of hydrogen-bond donors (Lipinski definition) is 1. The van der Waals surface area contributed by atoms with Gasteiger partial charge in [0, 0.05) is 36.0 Å². The highest BCUT2D eigenvalue weighted by Gasteiger charge is 2.13. The monoisotopic (exact) mass is 349 g/mol. The maximum Gasteiger partial charge on any atom is 0.152 e. The highest BCUT2D eigenvalue weighted by atomic mass is 16.5. The molecule has 0 aliphatic heterocycles. The molecule has 0 fully saturated rings. The molecule has 3 heterocycles. The van der Waals surface area contributed by atoms with E-state index < -0.39 is 0 Å². The van der Waals surface area contributed by atoms with Crippen LogP contribution in [0.5, 0.6) is 0 Å². The molecule has 0 radical (unpaired) electrons. The number of anilines is 1. The van der Waals surface area contributed by atoms with Gasteiger partial charge in [0.05, 0.1) is 11.2 Å². The van der Waals surface area contributed by atoms with Crippen LogP contribution in [-0.2, 0) is 19.4 Å². The van der Waals surface area contributed by atoms with Crippen molar-refractivity contribution in [2.75, 3.05) is 5.73 Å². The lowest BCUT2D eigenvalue weighted by molar-refractivity contribution is 0.377. The van der Waals surface area contributed by atoms with E-state index in [1.54, 1.807) is 0 Å². The molecule has 4 aromatic rings. The number of hydrogen-bond acceptors (Lipinski definition) is 5. The Balaban J connectivity index is 1.70. The predicted octanol–water partition coefficient (Wildman–Crippen LogP) is 4.05. The van der Waals surface area contributed by atoms with E-state index in [9.17, 15) is 0 Å². The number of nitrogens with two attached hydrogens (primary N) is 1. The fourth-order valence-electron chi connectivity index (χ4n) is 3.51. The van der Waals surface area contributed by atoms with Crippen LogP contribution in [0.3, 0.4) is 0 Å². The summed E-state index contributed by atoms with van der Waals surface area (Å²) in [7, 11) is 0. The molecule has 134 valence electrons. The van der Waals surface area contributed by atoms with Gasteiger partial charge in [-0.05, 0) is 37.8 Å². The number of aryl methyl sites for hydroxylation is 4. The van der Waals surface area contributed by atoms with Crippen molar-refractivity contribution in [3.8, 4) is 0 Å². The van der Waals surface area contributed by atoms with Crippen LogP contribution in [0.15, 0.2) is 35.0 Å². The van der Waals surface area contributed by atoms with Crippen LogP contribution >= 0.6 is 0 Å². The Kier molecular flexibility index (Phi) is 4.32. The Hall–Kier alpha value is -2.89. The quantitative estimate of drug-likeness (QED) is 0.568. The summed E-state index contributed by atoms with van der Waals surface area (Å²) in [6.45, 7) is 4.96. The number of aromatic nitrogens is 4. The minimum absolute atomic E-state index is 0.497. The summed E-state index contributed by atoms with van der Waals surface area (Å²) in [6, 6.07) is 8.23. The molecule has 0 amide bonds. The molecule has 0 unspecified atom stereocenters. The molecule has 0 aliphatic rings. The maximum absolute atomic E-state index is 6.15. The predicted molar refractivity (Wildman–Crippen MR) is 103 cm³/mol. The number of rotatable bonds is 6. The van der Waals surface area contributed by atoms with Gasteiger partial charge in [0.1, 0.15) is 11.3 Å². The standard InChI is InChI=1S/C20H23N5O/c1-3-10-25-12-16-18-14(6-4-8-15-11-13(2)24-26-15)7-5-9-17(18)22-20(21)19(16)23-25/h5,7,9,11-12H,3-4,6,8,10H2,1-2H3,(H2,21,22). The molecule has 0 saturated heterocycles. The lowest BCUT2D eigenvalue weighted by atomic mass is 10.00. The summed E-state index contributed by atoms with van der Waals surface area (Å²) in [5.74, 6) is 1.43. The van der Waals surface area contributed by atoms with Crippen molar-refractivity contribution in [2.24, 2.45) is 0 Å². The summed E-state index contributed by atoms with van der Waals surface area (Å²) >= 11 is 0. The van der Waals surface area contributed by atoms with Crippen molar-refractivity contribution in [3.05, 3.63) is 47.5 Å². The number of benzene rings is 1. The summed E-state index contributed by atoms with van der Waals surface area (Å²) in [4.78, 5) is 4.58. The van der Waals surface area contributed by atoms with E-state index in [0.717, 1.165) is 65.5 Å². The van der Waals surface area contributed by atoms with Gasteiger partial charge in [0.2, 0.25) is 0 Å². The van der Waals surface area contributed by atoms with Crippen LogP contribution in [0, 0.1) is 6.92 Å². The van der Waals surface area contributed by atoms with Gasteiger partial charge < -0.3 is 10.3 Å². The van der Waals surface area contributed by atoms with Crippen molar-refractivity contribution in [2.45, 2.75) is 46.1 Å². The fourth-order valence-corrected chi connectivity index (χ4v) is 3.51. The molecule has 0 bridgehead atoms. The zero-order chi connectivity index (χ0) is 18.1. The van der Waals surface area contributed by atoms with Gasteiger partial charge >= 0.3 is 0 Å². The van der Waals surface area contributed by atoms with Crippen LogP contribution in [0.4, 0.5) is 5.82 Å². The van der Waals surface area contributed by atoms with E-state index in [0.29, 0.717) is 5.82 Å². The second-order valence-electron chi connectivity index (χ2n) is 6.75. The minimum Gasteiger partial charge on any atom is -0.382 e. The Labute approximate surface area is 152 Å². The van der Waals surface area contributed by atoms with Gasteiger partial charge in [0.25, 0.3) is 0 Å². The maximum atomic E-state index is 6.15. The highest BCUT2D eigenvalue weighted by Crippen LogP contribution is 2.30. The van der Waals surface area contributed by atoms with E-state index in [4.69, 9.17) is 10.3 Å². The molecule has 0 atom stereocenters. The first-order valence-electron chi connectivity index (χ1n) is 9.12. The molecular formula is C20H23N5O. The van der Waals surface area contributed by atoms with Gasteiger partial charge in [-0.2, -0.15) is 5.10 Å². The van der Waals surface area contributed by atoms with Crippen molar-refractivity contribution in [1.29, 1.82) is 0 Å². The SMILES string of the molecule is CCCn1cc2c(n1)c(N)nc1cccc(CCCc3cc(C)no3)c12. The number of nitrogen functional groups attached to an aromatic ring is 1. The summed E-state index contributed by atoms with van der Waals surface area (Å²) < 4.78 is 7.28. The van der Waals surface area contributed by atoms with Crippen molar-refractivity contribution < 1.29 is 4.52 Å². The topological polar surface area (TPSA) is 82.8 Å². The zero-order valence-corrected chi connectivity index (χ0v) is 15.2. The van der Waals surface area contributed by atoms with Crippen LogP contribution in [0.25, 0.3) is 21.8 Å². The van der Waals surface area contributed by atoms with Gasteiger partial charge in [-0.15, -0.1) is 0 Å². The van der Waals surface area contributed by atoms with E-state index in [2.05, 4.69) is 34.4 Å². The average Bonchev–Trinajstić information content (AvgIpc) is 3.22. The molecule has 0 spiro atoms. The Morgan fingerprint density at radius 2 is 2.12 bits per heavy atom. The molecule has 6 nitrogen and oxygen atoms in total. The molecule has 0 saturated carbocycles. The summed E-state index contributed by atoms with van der Waals surface area (Å²) in [5, 5.41) is 10.8. The Bertz CT molecular complexity index is 1060. The average molecular weight is 349 g/mol. The molecule has 3 aromatic heterocycles. The minimum atomic E-state index is 0.497. The van der Waals surface area contributed by atoms with Gasteiger partial charge in [0.15, 0.2) is 5.82 Å². The lowest BCUT2D eigenvalue weighted by Crippen LogP contribution is -1.98. The number of pyridine rings is 1. The van der Waals surface area contributed by atoms with Gasteiger partial charge in [-0.3, -0.25) is 4.68 Å². The third kappa shape index (κ3) is 3.03. The molecule has 26 heavy (non-hydrogen) atoms. The molecular weight excluding hydrogens is 326 g/mol. The van der Waals surface area contributed by atoms with Crippen LogP contribution in [-0.4, -0.2) is 19.9 Å². The normalized spacial score (nSPS) is 11.6. The largest absolute Gasteiger partial charge is 0.382 e. The lowest BCUT2D eigenvalue weighted by Gasteiger charge is -2.08. The van der Waals surface area contributed by atoms with Crippen LogP contribution in [0.2, 0.25) is 0 Å². The van der Waals surface area contributed by atoms with E-state index in [-0.39, 0.29) is 0 Å².